The lowest BCUT2D eigenvalue weighted by Crippen LogP contribution is -2.42. The Hall–Kier alpha value is -0.820. The van der Waals surface area contributed by atoms with E-state index < -0.39 is 0 Å². The van der Waals surface area contributed by atoms with Crippen LogP contribution in [0.3, 0.4) is 0 Å². The summed E-state index contributed by atoms with van der Waals surface area (Å²) in [5.41, 5.74) is 2.66. The van der Waals surface area contributed by atoms with Crippen LogP contribution in [0.15, 0.2) is 29.3 Å². The highest BCUT2D eigenvalue weighted by atomic mass is 127. The number of likely N-dealkylation sites (N-methyl/N-ethyl adjacent to an activating group) is 1. The zero-order valence-electron chi connectivity index (χ0n) is 14.5. The quantitative estimate of drug-likeness (QED) is 0.407. The Bertz CT molecular complexity index is 431. The molecular formula is C17H31IN4. The van der Waals surface area contributed by atoms with Gasteiger partial charge >= 0.3 is 0 Å². The van der Waals surface area contributed by atoms with Crippen molar-refractivity contribution < 1.29 is 0 Å². The summed E-state index contributed by atoms with van der Waals surface area (Å²) in [5, 5.41) is 6.74. The van der Waals surface area contributed by atoms with Gasteiger partial charge in [0.2, 0.25) is 0 Å². The van der Waals surface area contributed by atoms with E-state index >= 15 is 0 Å². The van der Waals surface area contributed by atoms with Crippen molar-refractivity contribution >= 4 is 29.9 Å². The maximum Gasteiger partial charge on any atom is 0.191 e. The van der Waals surface area contributed by atoms with E-state index in [2.05, 4.69) is 72.6 Å². The van der Waals surface area contributed by atoms with Crippen LogP contribution >= 0.6 is 24.0 Å². The van der Waals surface area contributed by atoms with Crippen molar-refractivity contribution in [3.63, 3.8) is 0 Å². The molecular weight excluding hydrogens is 387 g/mol. The van der Waals surface area contributed by atoms with E-state index in [4.69, 9.17) is 0 Å². The number of guanidine groups is 1. The molecule has 2 N–H and O–H groups in total. The Morgan fingerprint density at radius 1 is 1.23 bits per heavy atom. The Balaban J connectivity index is 0.00000441. The van der Waals surface area contributed by atoms with Crippen molar-refractivity contribution in [2.45, 2.75) is 26.7 Å². The average molecular weight is 418 g/mol. The number of hydrogen-bond acceptors (Lipinski definition) is 2. The molecule has 0 aliphatic carbocycles. The molecule has 0 bridgehead atoms. The standard InChI is InChI=1S/C17H30N4.HI/c1-6-21(5)12-11-19-17(18-4)20-13-15(3)16-9-7-14(2)8-10-16;/h7-10,15H,6,11-13H2,1-5H3,(H2,18,19,20);1H. The lowest BCUT2D eigenvalue weighted by molar-refractivity contribution is 0.357. The number of aliphatic imine (C=N–C) groups is 1. The summed E-state index contributed by atoms with van der Waals surface area (Å²) < 4.78 is 0. The van der Waals surface area contributed by atoms with Crippen molar-refractivity contribution in [1.82, 2.24) is 15.5 Å². The van der Waals surface area contributed by atoms with Crippen molar-refractivity contribution in [3.8, 4) is 0 Å². The Morgan fingerprint density at radius 2 is 1.86 bits per heavy atom. The molecule has 0 aliphatic rings. The van der Waals surface area contributed by atoms with Crippen molar-refractivity contribution in [3.05, 3.63) is 35.4 Å². The summed E-state index contributed by atoms with van der Waals surface area (Å²) in [6, 6.07) is 8.74. The third-order valence-electron chi connectivity index (χ3n) is 3.77. The minimum Gasteiger partial charge on any atom is -0.356 e. The van der Waals surface area contributed by atoms with Crippen LogP contribution < -0.4 is 10.6 Å². The second-order valence-corrected chi connectivity index (χ2v) is 5.59. The van der Waals surface area contributed by atoms with Gasteiger partial charge in [-0.15, -0.1) is 24.0 Å². The predicted molar refractivity (Wildman–Crippen MR) is 108 cm³/mol. The summed E-state index contributed by atoms with van der Waals surface area (Å²) in [4.78, 5) is 6.54. The number of halogens is 1. The van der Waals surface area contributed by atoms with E-state index in [1.54, 1.807) is 0 Å². The number of nitrogens with zero attached hydrogens (tertiary/aromatic N) is 2. The maximum absolute atomic E-state index is 4.27. The molecule has 0 aromatic heterocycles. The van der Waals surface area contributed by atoms with Gasteiger partial charge in [0, 0.05) is 26.7 Å². The highest BCUT2D eigenvalue weighted by Gasteiger charge is 2.06. The number of rotatable bonds is 7. The highest BCUT2D eigenvalue weighted by Crippen LogP contribution is 2.14. The third kappa shape index (κ3) is 7.98. The Morgan fingerprint density at radius 3 is 2.41 bits per heavy atom. The molecule has 1 aromatic rings. The first-order valence-electron chi connectivity index (χ1n) is 7.76. The van der Waals surface area contributed by atoms with Gasteiger partial charge in [0.15, 0.2) is 5.96 Å². The van der Waals surface area contributed by atoms with Gasteiger partial charge in [-0.3, -0.25) is 4.99 Å². The summed E-state index contributed by atoms with van der Waals surface area (Å²) in [5.74, 6) is 1.33. The second-order valence-electron chi connectivity index (χ2n) is 5.59. The van der Waals surface area contributed by atoms with E-state index in [0.717, 1.165) is 32.1 Å². The molecule has 0 heterocycles. The molecule has 1 unspecified atom stereocenters. The molecule has 4 nitrogen and oxygen atoms in total. The van der Waals surface area contributed by atoms with Crippen molar-refractivity contribution in [2.75, 3.05) is 40.3 Å². The fourth-order valence-corrected chi connectivity index (χ4v) is 2.01. The van der Waals surface area contributed by atoms with Crippen LogP contribution in [0.2, 0.25) is 0 Å². The van der Waals surface area contributed by atoms with Gasteiger partial charge in [-0.2, -0.15) is 0 Å². The molecule has 0 saturated heterocycles. The predicted octanol–water partition coefficient (Wildman–Crippen LogP) is 2.83. The molecule has 0 spiro atoms. The van der Waals surface area contributed by atoms with Gasteiger partial charge in [0.1, 0.15) is 0 Å². The Labute approximate surface area is 152 Å². The number of nitrogens with one attached hydrogen (secondary N) is 2. The molecule has 22 heavy (non-hydrogen) atoms. The molecule has 0 radical (unpaired) electrons. The first-order valence-corrected chi connectivity index (χ1v) is 7.76. The lowest BCUT2D eigenvalue weighted by atomic mass is 10.0. The van der Waals surface area contributed by atoms with Crippen LogP contribution in [0.1, 0.15) is 30.9 Å². The molecule has 0 amide bonds. The minimum absolute atomic E-state index is 0. The van der Waals surface area contributed by atoms with E-state index in [-0.39, 0.29) is 24.0 Å². The normalized spacial score (nSPS) is 12.7. The number of benzene rings is 1. The second kappa shape index (κ2) is 11.7. The fourth-order valence-electron chi connectivity index (χ4n) is 2.01. The van der Waals surface area contributed by atoms with Crippen molar-refractivity contribution in [1.29, 1.82) is 0 Å². The van der Waals surface area contributed by atoms with Crippen molar-refractivity contribution in [2.24, 2.45) is 4.99 Å². The van der Waals surface area contributed by atoms with Crippen LogP contribution in [0.5, 0.6) is 0 Å². The van der Waals surface area contributed by atoms with Crippen LogP contribution in [-0.2, 0) is 0 Å². The summed E-state index contributed by atoms with van der Waals surface area (Å²) in [6.07, 6.45) is 0. The van der Waals surface area contributed by atoms with Crippen LogP contribution in [0, 0.1) is 6.92 Å². The van der Waals surface area contributed by atoms with Gasteiger partial charge in [-0.25, -0.2) is 0 Å². The topological polar surface area (TPSA) is 39.7 Å². The first-order chi connectivity index (χ1) is 10.1. The fraction of sp³-hybridized carbons (Fsp3) is 0.588. The third-order valence-corrected chi connectivity index (χ3v) is 3.77. The molecule has 0 saturated carbocycles. The summed E-state index contributed by atoms with van der Waals surface area (Å²) >= 11 is 0. The zero-order valence-corrected chi connectivity index (χ0v) is 16.8. The van der Waals surface area contributed by atoms with Gasteiger partial charge in [-0.05, 0) is 32.0 Å². The molecule has 1 rings (SSSR count). The van der Waals surface area contributed by atoms with Gasteiger partial charge in [0.25, 0.3) is 0 Å². The van der Waals surface area contributed by atoms with E-state index in [1.807, 2.05) is 7.05 Å². The summed E-state index contributed by atoms with van der Waals surface area (Å²) in [7, 11) is 3.94. The molecule has 5 heteroatoms. The highest BCUT2D eigenvalue weighted by molar-refractivity contribution is 14.0. The van der Waals surface area contributed by atoms with E-state index in [9.17, 15) is 0 Å². The zero-order chi connectivity index (χ0) is 15.7. The first kappa shape index (κ1) is 21.2. The number of hydrogen-bond donors (Lipinski definition) is 2. The average Bonchev–Trinajstić information content (AvgIpc) is 2.50. The maximum atomic E-state index is 4.27. The Kier molecular flexibility index (Phi) is 11.3. The van der Waals surface area contributed by atoms with Gasteiger partial charge < -0.3 is 15.5 Å². The van der Waals surface area contributed by atoms with Crippen LogP contribution in [0.25, 0.3) is 0 Å². The van der Waals surface area contributed by atoms with Crippen LogP contribution in [-0.4, -0.2) is 51.1 Å². The molecule has 0 aliphatic heterocycles. The van der Waals surface area contributed by atoms with E-state index in [0.29, 0.717) is 5.92 Å². The molecule has 1 aromatic carbocycles. The molecule has 0 fully saturated rings. The van der Waals surface area contributed by atoms with Gasteiger partial charge in [0.05, 0.1) is 0 Å². The SMILES string of the molecule is CCN(C)CCNC(=NC)NCC(C)c1ccc(C)cc1.I. The minimum atomic E-state index is 0. The van der Waals surface area contributed by atoms with Crippen LogP contribution in [0.4, 0.5) is 0 Å². The summed E-state index contributed by atoms with van der Waals surface area (Å²) in [6.45, 7) is 10.4. The lowest BCUT2D eigenvalue weighted by Gasteiger charge is -2.18. The smallest absolute Gasteiger partial charge is 0.191 e. The largest absolute Gasteiger partial charge is 0.356 e. The van der Waals surface area contributed by atoms with E-state index in [1.165, 1.54) is 11.1 Å². The van der Waals surface area contributed by atoms with Gasteiger partial charge in [-0.1, -0.05) is 43.7 Å². The molecule has 126 valence electrons. The monoisotopic (exact) mass is 418 g/mol. The molecule has 1 atom stereocenters. The number of aryl methyl sites for hydroxylation is 1.